The molecule has 0 amide bonds. The number of aryl methyl sites for hydroxylation is 3. The van der Waals surface area contributed by atoms with Gasteiger partial charge >= 0.3 is 80.3 Å². The van der Waals surface area contributed by atoms with Gasteiger partial charge in [-0.3, -0.25) is 4.55 Å². The van der Waals surface area contributed by atoms with Gasteiger partial charge in [-0.15, -0.1) is 36.4 Å². The van der Waals surface area contributed by atoms with E-state index in [1.165, 1.54) is 85.7 Å². The van der Waals surface area contributed by atoms with Gasteiger partial charge in [0, 0.05) is 92.3 Å². The Morgan fingerprint density at radius 1 is 0.529 bits per heavy atom. The first-order valence-electron chi connectivity index (χ1n) is 33.1. The minimum atomic E-state index is -4.52. The molecule has 0 heterocycles. The van der Waals surface area contributed by atoms with Gasteiger partial charge in [-0.2, -0.15) is 69.1 Å². The van der Waals surface area contributed by atoms with E-state index in [9.17, 15) is 25.9 Å². The van der Waals surface area contributed by atoms with Crippen LogP contribution in [-0.4, -0.2) is 102 Å². The molecule has 24 heteroatoms. The summed E-state index contributed by atoms with van der Waals surface area (Å²) < 4.78 is 121. The zero-order valence-electron chi connectivity index (χ0n) is 60.9. The van der Waals surface area contributed by atoms with E-state index in [-0.39, 0.29) is 74.8 Å². The Kier molecular flexibility index (Phi) is 34.6. The van der Waals surface area contributed by atoms with Crippen molar-refractivity contribution in [3.63, 3.8) is 0 Å². The van der Waals surface area contributed by atoms with Crippen molar-refractivity contribution in [2.24, 2.45) is 0 Å². The van der Waals surface area contributed by atoms with Gasteiger partial charge in [-0.05, 0) is 226 Å². The molecule has 3 N–H and O–H groups in total. The fraction of sp³-hybridized carbons (Fsp3) is 0.237. The number of rotatable bonds is 24. The average molecular weight is 1500 g/mol. The van der Waals surface area contributed by atoms with E-state index in [0.717, 1.165) is 88.9 Å². The zero-order chi connectivity index (χ0) is 74.3. The van der Waals surface area contributed by atoms with E-state index in [4.69, 9.17) is 25.3 Å². The molecule has 0 aromatic heterocycles. The first-order chi connectivity index (χ1) is 48.7. The maximum absolute atomic E-state index is 11.7. The molecular formula is C80H86N6Na2O12S4. The average Bonchev–Trinajstić information content (AvgIpc) is 0.783. The minimum absolute atomic E-state index is 0. The number of nitrogens with one attached hydrogen (secondary N) is 2. The molecule has 0 bridgehead atoms. The molecule has 0 radical (unpaired) electrons. The third-order valence-electron chi connectivity index (χ3n) is 17.5. The minimum Gasteiger partial charge on any atom is -0.744 e. The van der Waals surface area contributed by atoms with Crippen LogP contribution in [0.4, 0.5) is 28.4 Å². The van der Waals surface area contributed by atoms with Gasteiger partial charge in [0.15, 0.2) is 12.3 Å². The van der Waals surface area contributed by atoms with Crippen molar-refractivity contribution in [2.75, 3.05) is 65.6 Å². The van der Waals surface area contributed by atoms with Crippen molar-refractivity contribution >= 4 is 81.2 Å². The van der Waals surface area contributed by atoms with E-state index < -0.39 is 41.5 Å². The summed E-state index contributed by atoms with van der Waals surface area (Å²) in [6, 6.07) is 72.9. The van der Waals surface area contributed by atoms with Gasteiger partial charge < -0.3 is 29.9 Å². The molecule has 0 aliphatic heterocycles. The summed E-state index contributed by atoms with van der Waals surface area (Å²) in [4.78, 5) is 6.68. The summed E-state index contributed by atoms with van der Waals surface area (Å²) in [7, 11) is -11.1. The third-order valence-corrected chi connectivity index (χ3v) is 19.2. The Hall–Kier alpha value is -8.07. The van der Waals surface area contributed by atoms with E-state index >= 15 is 0 Å². The summed E-state index contributed by atoms with van der Waals surface area (Å²) in [6.45, 7) is 23.1. The van der Waals surface area contributed by atoms with Crippen LogP contribution in [0.25, 0.3) is 5.57 Å². The molecule has 1 aliphatic carbocycles. The van der Waals surface area contributed by atoms with Gasteiger partial charge in [0.05, 0.1) is 9.79 Å². The molecule has 18 nitrogen and oxygen atoms in total. The summed E-state index contributed by atoms with van der Waals surface area (Å²) in [5, 5.41) is 6.47. The van der Waals surface area contributed by atoms with Crippen LogP contribution in [0.5, 0.6) is 0 Å². The molecule has 534 valence electrons. The summed E-state index contributed by atoms with van der Waals surface area (Å²) in [5.41, 5.74) is 23.7. The van der Waals surface area contributed by atoms with Crippen molar-refractivity contribution in [3.05, 3.63) is 308 Å². The molecule has 1 unspecified atom stereocenters. The largest absolute Gasteiger partial charge is 1.00 e. The maximum atomic E-state index is 11.7. The van der Waals surface area contributed by atoms with Crippen molar-refractivity contribution in [3.8, 4) is 0 Å². The molecule has 9 aromatic carbocycles. The molecule has 0 saturated heterocycles. The van der Waals surface area contributed by atoms with Crippen LogP contribution in [0.3, 0.4) is 0 Å². The molecular weight excluding hydrogens is 1410 g/mol. The van der Waals surface area contributed by atoms with Gasteiger partial charge in [-0.1, -0.05) is 66.7 Å². The Bertz CT molecular complexity index is 4950. The van der Waals surface area contributed by atoms with E-state index in [2.05, 4.69) is 237 Å². The first kappa shape index (κ1) is 86.6. The Balaban J connectivity index is 0.000000333. The SMILES string of the molecule is CCN(Cc1c[c-]ccc1)c1ccc(/C(=C2/C=CC(=[N+](CC)Cc3cccc(S(=O)(=O)[O-])c3)C=C2C)c2ccc(NC)cc2)c(C)c1.CCN(Cc1c[c-]ccc1)c1ccc(C(c2ccc(NC)cc2)c2ccc(N(CC)Cc3cccc(S(=O)(=O)O)c3)cc2C)c(C)c1.O=S(=O)=O.O=S(=O)=O.[Na+].[Na+]. The summed E-state index contributed by atoms with van der Waals surface area (Å²) in [6.07, 6.45) is 6.50. The molecule has 0 saturated carbocycles. The second-order valence-corrected chi connectivity index (χ2v) is 27.7. The molecule has 9 aromatic rings. The second-order valence-electron chi connectivity index (χ2n) is 24.1. The smallest absolute Gasteiger partial charge is 0.744 e. The normalized spacial score (nSPS) is 12.8. The van der Waals surface area contributed by atoms with Crippen LogP contribution in [0.15, 0.2) is 239 Å². The fourth-order valence-corrected chi connectivity index (χ4v) is 13.4. The molecule has 0 spiro atoms. The van der Waals surface area contributed by atoms with Crippen LogP contribution in [-0.2, 0) is 67.6 Å². The van der Waals surface area contributed by atoms with E-state index in [1.807, 2.05) is 56.6 Å². The Morgan fingerprint density at radius 2 is 0.962 bits per heavy atom. The fourth-order valence-electron chi connectivity index (χ4n) is 12.3. The van der Waals surface area contributed by atoms with Crippen LogP contribution in [0, 0.1) is 32.9 Å². The Labute approximate surface area is 661 Å². The summed E-state index contributed by atoms with van der Waals surface area (Å²) >= 11 is 0. The second kappa shape index (κ2) is 41.6. The van der Waals surface area contributed by atoms with Gasteiger partial charge in [0.1, 0.15) is 16.7 Å². The van der Waals surface area contributed by atoms with Crippen molar-refractivity contribution in [2.45, 2.75) is 97.3 Å². The molecule has 1 atom stereocenters. The molecule has 0 fully saturated rings. The van der Waals surface area contributed by atoms with Gasteiger partial charge in [-0.25, -0.2) is 13.0 Å². The van der Waals surface area contributed by atoms with Crippen molar-refractivity contribution in [1.29, 1.82) is 0 Å². The third kappa shape index (κ3) is 25.1. The van der Waals surface area contributed by atoms with Crippen LogP contribution in [0.2, 0.25) is 0 Å². The number of nitrogens with zero attached hydrogens (tertiary/aromatic N) is 4. The number of hydrogen-bond acceptors (Lipinski definition) is 16. The van der Waals surface area contributed by atoms with Crippen molar-refractivity contribution in [1.82, 2.24) is 0 Å². The monoisotopic (exact) mass is 1500 g/mol. The number of benzene rings is 9. The van der Waals surface area contributed by atoms with Gasteiger partial charge in [0.25, 0.3) is 10.1 Å². The quantitative estimate of drug-likeness (QED) is 0.0169. The molecule has 1 aliphatic rings. The number of anilines is 5. The summed E-state index contributed by atoms with van der Waals surface area (Å²) in [5.74, 6) is 0.0318. The van der Waals surface area contributed by atoms with Crippen molar-refractivity contribution < 1.29 is 115 Å². The standard InChI is InChI=1S/C40H44N3O3S.C40H42N3O3S.2Na.2O3S/c2*1-6-42(27-31-12-9-8-10-13-31)35-20-22-38(29(3)24-35)40(33-16-18-34(41-5)19-17-33)39-23-21-36(25-30(39)4)43(7-2)28-32-14-11-15-37(26-32)47(44,45)46;;;2*1-4(2)3/h8-9,11-26,40-41H,6-7,27-28H2,1-5H3,(H,44,45,46);8-9,11-26H,6-7,27-28H2,1-5H3,(H,44,45,46);;;;/q2*-1;2*+1;;. The molecule has 104 heavy (non-hydrogen) atoms. The molecule has 10 rings (SSSR count). The van der Waals surface area contributed by atoms with E-state index in [1.54, 1.807) is 12.1 Å². The van der Waals surface area contributed by atoms with Crippen LogP contribution < -0.4 is 84.4 Å². The first-order valence-corrected chi connectivity index (χ1v) is 37.9. The maximum Gasteiger partial charge on any atom is 1.00 e. The number of allylic oxidation sites excluding steroid dienone is 5. The Morgan fingerprint density at radius 3 is 1.38 bits per heavy atom. The van der Waals surface area contributed by atoms with Crippen LogP contribution >= 0.6 is 0 Å². The number of hydrogen-bond donors (Lipinski definition) is 3. The van der Waals surface area contributed by atoms with Crippen LogP contribution in [0.1, 0.15) is 107 Å². The van der Waals surface area contributed by atoms with E-state index in [0.29, 0.717) is 19.6 Å². The predicted octanol–water partition coefficient (Wildman–Crippen LogP) is 8.38. The van der Waals surface area contributed by atoms with Gasteiger partial charge in [0.2, 0.25) is 0 Å². The zero-order valence-corrected chi connectivity index (χ0v) is 68.1. The topological polar surface area (TPSA) is 251 Å². The predicted molar refractivity (Wildman–Crippen MR) is 406 cm³/mol.